The monoisotopic (exact) mass is 238 g/mol. The van der Waals surface area contributed by atoms with E-state index in [0.717, 1.165) is 31.3 Å². The average molecular weight is 238 g/mol. The van der Waals surface area contributed by atoms with Gasteiger partial charge in [-0.15, -0.1) is 0 Å². The van der Waals surface area contributed by atoms with Crippen molar-refractivity contribution in [2.75, 3.05) is 13.1 Å². The van der Waals surface area contributed by atoms with Gasteiger partial charge in [0.05, 0.1) is 6.04 Å². The van der Waals surface area contributed by atoms with Crippen LogP contribution in [-0.2, 0) is 4.79 Å². The molecule has 2 saturated carbocycles. The van der Waals surface area contributed by atoms with Crippen LogP contribution in [0, 0.1) is 17.8 Å². The molecule has 2 aliphatic carbocycles. The Balaban J connectivity index is 1.89. The standard InChI is InChI=1S/C14H26N2O/c1-3-10(2)13(15)14(17)16(8-11-4-5-11)9-12-6-7-12/h10-13H,3-9,15H2,1-2H3/t10-,13-/m0/s1. The maximum absolute atomic E-state index is 12.4. The van der Waals surface area contributed by atoms with Gasteiger partial charge in [0.1, 0.15) is 0 Å². The first-order valence-electron chi connectivity index (χ1n) is 7.16. The Hall–Kier alpha value is -0.570. The summed E-state index contributed by atoms with van der Waals surface area (Å²) in [6, 6.07) is -0.294. The minimum absolute atomic E-state index is 0.193. The van der Waals surface area contributed by atoms with Crippen LogP contribution in [0.3, 0.4) is 0 Å². The first-order valence-corrected chi connectivity index (χ1v) is 7.16. The van der Waals surface area contributed by atoms with E-state index in [1.165, 1.54) is 25.7 Å². The molecule has 0 spiro atoms. The second-order valence-corrected chi connectivity index (χ2v) is 6.04. The highest BCUT2D eigenvalue weighted by Crippen LogP contribution is 2.34. The van der Waals surface area contributed by atoms with Crippen molar-refractivity contribution in [2.45, 2.75) is 52.0 Å². The molecule has 0 aromatic carbocycles. The predicted molar refractivity (Wildman–Crippen MR) is 69.5 cm³/mol. The van der Waals surface area contributed by atoms with Crippen molar-refractivity contribution >= 4 is 5.91 Å². The molecule has 2 fully saturated rings. The molecule has 98 valence electrons. The van der Waals surface area contributed by atoms with E-state index in [-0.39, 0.29) is 11.9 Å². The number of amides is 1. The summed E-state index contributed by atoms with van der Waals surface area (Å²) in [7, 11) is 0. The molecule has 17 heavy (non-hydrogen) atoms. The molecule has 0 aliphatic heterocycles. The molecule has 0 aromatic rings. The molecule has 0 radical (unpaired) electrons. The Kier molecular flexibility index (Phi) is 4.08. The molecule has 2 atom stereocenters. The molecule has 0 aromatic heterocycles. The van der Waals surface area contributed by atoms with E-state index < -0.39 is 0 Å². The summed E-state index contributed by atoms with van der Waals surface area (Å²) in [6.45, 7) is 6.10. The van der Waals surface area contributed by atoms with E-state index in [9.17, 15) is 4.79 Å². The number of carbonyl (C=O) groups is 1. The van der Waals surface area contributed by atoms with Crippen LogP contribution < -0.4 is 5.73 Å². The van der Waals surface area contributed by atoms with Crippen LogP contribution in [0.15, 0.2) is 0 Å². The fourth-order valence-electron chi connectivity index (χ4n) is 2.19. The highest BCUT2D eigenvalue weighted by atomic mass is 16.2. The summed E-state index contributed by atoms with van der Waals surface area (Å²) in [5, 5.41) is 0. The number of carbonyl (C=O) groups excluding carboxylic acids is 1. The third kappa shape index (κ3) is 3.70. The lowest BCUT2D eigenvalue weighted by atomic mass is 9.98. The lowest BCUT2D eigenvalue weighted by molar-refractivity contribution is -0.134. The van der Waals surface area contributed by atoms with Gasteiger partial charge >= 0.3 is 0 Å². The van der Waals surface area contributed by atoms with E-state index in [0.29, 0.717) is 5.92 Å². The van der Waals surface area contributed by atoms with Gasteiger partial charge in [0.2, 0.25) is 5.91 Å². The van der Waals surface area contributed by atoms with Gasteiger partial charge in [0.25, 0.3) is 0 Å². The first-order chi connectivity index (χ1) is 8.11. The fraction of sp³-hybridized carbons (Fsp3) is 0.929. The molecule has 1 amide bonds. The number of nitrogens with two attached hydrogens (primary N) is 1. The maximum atomic E-state index is 12.4. The van der Waals surface area contributed by atoms with Gasteiger partial charge in [-0.2, -0.15) is 0 Å². The topological polar surface area (TPSA) is 46.3 Å². The lowest BCUT2D eigenvalue weighted by Gasteiger charge is -2.28. The molecule has 3 heteroatoms. The maximum Gasteiger partial charge on any atom is 0.239 e. The van der Waals surface area contributed by atoms with Crippen molar-refractivity contribution in [1.29, 1.82) is 0 Å². The molecule has 3 nitrogen and oxygen atoms in total. The Bertz CT molecular complexity index is 257. The van der Waals surface area contributed by atoms with E-state index in [1.807, 2.05) is 0 Å². The van der Waals surface area contributed by atoms with E-state index in [2.05, 4.69) is 18.7 Å². The Morgan fingerprint density at radius 2 is 1.71 bits per heavy atom. The van der Waals surface area contributed by atoms with E-state index in [4.69, 9.17) is 5.73 Å². The van der Waals surface area contributed by atoms with Crippen LogP contribution in [-0.4, -0.2) is 29.9 Å². The van der Waals surface area contributed by atoms with Gasteiger partial charge in [0, 0.05) is 13.1 Å². The molecule has 0 saturated heterocycles. The Morgan fingerprint density at radius 3 is 2.06 bits per heavy atom. The summed E-state index contributed by atoms with van der Waals surface area (Å²) >= 11 is 0. The van der Waals surface area contributed by atoms with Crippen molar-refractivity contribution in [3.05, 3.63) is 0 Å². The van der Waals surface area contributed by atoms with Crippen LogP contribution >= 0.6 is 0 Å². The summed E-state index contributed by atoms with van der Waals surface area (Å²) < 4.78 is 0. The van der Waals surface area contributed by atoms with Crippen molar-refractivity contribution in [1.82, 2.24) is 4.90 Å². The zero-order valence-corrected chi connectivity index (χ0v) is 11.2. The van der Waals surface area contributed by atoms with Crippen LogP contribution in [0.5, 0.6) is 0 Å². The van der Waals surface area contributed by atoms with Crippen molar-refractivity contribution in [2.24, 2.45) is 23.5 Å². The highest BCUT2D eigenvalue weighted by molar-refractivity contribution is 5.82. The minimum atomic E-state index is -0.294. The van der Waals surface area contributed by atoms with Gasteiger partial charge in [0.15, 0.2) is 0 Å². The summed E-state index contributed by atoms with van der Waals surface area (Å²) in [5.41, 5.74) is 6.07. The Morgan fingerprint density at radius 1 is 1.24 bits per heavy atom. The van der Waals surface area contributed by atoms with Gasteiger partial charge in [-0.1, -0.05) is 20.3 Å². The zero-order chi connectivity index (χ0) is 12.4. The number of hydrogen-bond acceptors (Lipinski definition) is 2. The smallest absolute Gasteiger partial charge is 0.239 e. The number of hydrogen-bond donors (Lipinski definition) is 1. The molecule has 0 bridgehead atoms. The molecular formula is C14H26N2O. The fourth-order valence-corrected chi connectivity index (χ4v) is 2.19. The first kappa shape index (κ1) is 12.9. The highest BCUT2D eigenvalue weighted by Gasteiger charge is 2.34. The largest absolute Gasteiger partial charge is 0.341 e. The quantitative estimate of drug-likeness (QED) is 0.737. The molecule has 2 N–H and O–H groups in total. The number of rotatable bonds is 7. The second kappa shape index (κ2) is 5.38. The van der Waals surface area contributed by atoms with Crippen LogP contribution in [0.1, 0.15) is 46.0 Å². The minimum Gasteiger partial charge on any atom is -0.341 e. The van der Waals surface area contributed by atoms with E-state index in [1.54, 1.807) is 0 Å². The molecule has 0 unspecified atom stereocenters. The summed E-state index contributed by atoms with van der Waals surface area (Å²) in [5.74, 6) is 2.02. The average Bonchev–Trinajstić information content (AvgIpc) is 3.19. The van der Waals surface area contributed by atoms with E-state index >= 15 is 0 Å². The third-order valence-corrected chi connectivity index (χ3v) is 4.20. The van der Waals surface area contributed by atoms with Gasteiger partial charge in [-0.3, -0.25) is 4.79 Å². The third-order valence-electron chi connectivity index (χ3n) is 4.20. The van der Waals surface area contributed by atoms with Crippen LogP contribution in [0.2, 0.25) is 0 Å². The van der Waals surface area contributed by atoms with Crippen LogP contribution in [0.4, 0.5) is 0 Å². The molecular weight excluding hydrogens is 212 g/mol. The van der Waals surface area contributed by atoms with Gasteiger partial charge < -0.3 is 10.6 Å². The summed E-state index contributed by atoms with van der Waals surface area (Å²) in [4.78, 5) is 14.4. The van der Waals surface area contributed by atoms with Crippen molar-refractivity contribution < 1.29 is 4.79 Å². The molecule has 2 aliphatic rings. The van der Waals surface area contributed by atoms with Crippen molar-refractivity contribution in [3.63, 3.8) is 0 Å². The molecule has 0 heterocycles. The van der Waals surface area contributed by atoms with Gasteiger partial charge in [-0.25, -0.2) is 0 Å². The SMILES string of the molecule is CC[C@H](C)[C@H](N)C(=O)N(CC1CC1)CC1CC1. The zero-order valence-electron chi connectivity index (χ0n) is 11.2. The van der Waals surface area contributed by atoms with Crippen molar-refractivity contribution in [3.8, 4) is 0 Å². The second-order valence-electron chi connectivity index (χ2n) is 6.04. The predicted octanol–water partition coefficient (Wildman–Crippen LogP) is 2.01. The van der Waals surface area contributed by atoms with Crippen LogP contribution in [0.25, 0.3) is 0 Å². The van der Waals surface area contributed by atoms with Gasteiger partial charge in [-0.05, 0) is 43.4 Å². The lowest BCUT2D eigenvalue weighted by Crippen LogP contribution is -2.48. The molecule has 2 rings (SSSR count). The summed E-state index contributed by atoms with van der Waals surface area (Å²) in [6.07, 6.45) is 6.17. The normalized spacial score (nSPS) is 23.2. The number of nitrogens with zero attached hydrogens (tertiary/aromatic N) is 1. The Labute approximate surface area is 105 Å².